The van der Waals surface area contributed by atoms with Crippen LogP contribution < -0.4 is 11.1 Å². The van der Waals surface area contributed by atoms with Crippen LogP contribution in [0.4, 0.5) is 10.5 Å². The second-order valence-corrected chi connectivity index (χ2v) is 7.71. The van der Waals surface area contributed by atoms with Gasteiger partial charge in [0.1, 0.15) is 0 Å². The van der Waals surface area contributed by atoms with E-state index < -0.39 is 7.12 Å². The van der Waals surface area contributed by atoms with Crippen LogP contribution in [0.1, 0.15) is 32.1 Å². The fourth-order valence-electron chi connectivity index (χ4n) is 3.25. The molecule has 1 aromatic carbocycles. The van der Waals surface area contributed by atoms with Gasteiger partial charge in [0.15, 0.2) is 0 Å². The standard InChI is InChI=1S/C17H26BCl2N3O3.CO2/c19-14-5-4-13(11-15(14)20)22-17(24)23-9-6-12(7-10-23)16(21)3-1-2-8-18(25)26;2-1-3/h4-5,11-12,16,25-26H,1-3,6-10,21H2,(H,22,24);. The van der Waals surface area contributed by atoms with E-state index in [1.165, 1.54) is 0 Å². The van der Waals surface area contributed by atoms with Crippen molar-refractivity contribution in [3.8, 4) is 0 Å². The predicted octanol–water partition coefficient (Wildman–Crippen LogP) is 2.62. The van der Waals surface area contributed by atoms with Crippen LogP contribution in [0, 0.1) is 5.92 Å². The number of carbonyl (C=O) groups is 1. The molecule has 0 radical (unpaired) electrons. The van der Waals surface area contributed by atoms with Gasteiger partial charge in [-0.15, -0.1) is 0 Å². The van der Waals surface area contributed by atoms with Gasteiger partial charge in [-0.1, -0.05) is 36.0 Å². The molecule has 1 atom stereocenters. The molecule has 29 heavy (non-hydrogen) atoms. The Morgan fingerprint density at radius 3 is 2.41 bits per heavy atom. The third kappa shape index (κ3) is 9.63. The molecule has 8 nitrogen and oxygen atoms in total. The highest BCUT2D eigenvalue weighted by Crippen LogP contribution is 2.26. The van der Waals surface area contributed by atoms with Crippen LogP contribution in [0.3, 0.4) is 0 Å². The van der Waals surface area contributed by atoms with Gasteiger partial charge in [0, 0.05) is 24.8 Å². The Morgan fingerprint density at radius 1 is 1.24 bits per heavy atom. The summed E-state index contributed by atoms with van der Waals surface area (Å²) in [5.41, 5.74) is 6.89. The van der Waals surface area contributed by atoms with Crippen LogP contribution >= 0.6 is 23.2 Å². The molecule has 160 valence electrons. The third-order valence-corrected chi connectivity index (χ3v) is 5.59. The lowest BCUT2D eigenvalue weighted by atomic mass is 9.82. The van der Waals surface area contributed by atoms with Crippen LogP contribution in [-0.4, -0.2) is 53.4 Å². The van der Waals surface area contributed by atoms with E-state index in [-0.39, 0.29) is 18.2 Å². The normalized spacial score (nSPS) is 15.0. The Morgan fingerprint density at radius 2 is 1.86 bits per heavy atom. The average Bonchev–Trinajstić information content (AvgIpc) is 2.68. The Labute approximate surface area is 180 Å². The van der Waals surface area contributed by atoms with Crippen LogP contribution in [-0.2, 0) is 9.59 Å². The number of rotatable bonds is 7. The maximum Gasteiger partial charge on any atom is 0.451 e. The molecule has 5 N–H and O–H groups in total. The number of nitrogens with zero attached hydrogens (tertiary/aromatic N) is 1. The number of halogens is 2. The zero-order valence-corrected chi connectivity index (χ0v) is 17.5. The number of benzene rings is 1. The molecule has 1 saturated heterocycles. The molecule has 0 bridgehead atoms. The van der Waals surface area contributed by atoms with Crippen LogP contribution in [0.5, 0.6) is 0 Å². The van der Waals surface area contributed by atoms with Gasteiger partial charge in [0.25, 0.3) is 0 Å². The summed E-state index contributed by atoms with van der Waals surface area (Å²) in [4.78, 5) is 30.4. The van der Waals surface area contributed by atoms with Crippen LogP contribution in [0.2, 0.25) is 16.4 Å². The number of hydrogen-bond acceptors (Lipinski definition) is 6. The summed E-state index contributed by atoms with van der Waals surface area (Å²) in [5.74, 6) is 0.392. The van der Waals surface area contributed by atoms with Gasteiger partial charge < -0.3 is 26.0 Å². The fourth-order valence-corrected chi connectivity index (χ4v) is 3.55. The van der Waals surface area contributed by atoms with Crippen molar-refractivity contribution in [3.05, 3.63) is 28.2 Å². The smallest absolute Gasteiger partial charge is 0.427 e. The monoisotopic (exact) mass is 445 g/mol. The van der Waals surface area contributed by atoms with E-state index in [0.29, 0.717) is 41.1 Å². The number of hydrogen-bond donors (Lipinski definition) is 4. The quantitative estimate of drug-likeness (QED) is 0.376. The number of anilines is 1. The first-order chi connectivity index (χ1) is 13.8. The summed E-state index contributed by atoms with van der Waals surface area (Å²) in [7, 11) is -1.23. The highest BCUT2D eigenvalue weighted by molar-refractivity contribution is 6.42. The molecule has 2 amide bonds. The van der Waals surface area contributed by atoms with Gasteiger partial charge in [-0.3, -0.25) is 0 Å². The summed E-state index contributed by atoms with van der Waals surface area (Å²) < 4.78 is 0. The summed E-state index contributed by atoms with van der Waals surface area (Å²) >= 11 is 11.8. The molecule has 2 rings (SSSR count). The van der Waals surface area contributed by atoms with Crippen molar-refractivity contribution in [2.45, 2.75) is 44.5 Å². The molecule has 0 aromatic heterocycles. The van der Waals surface area contributed by atoms with E-state index in [4.69, 9.17) is 48.6 Å². The van der Waals surface area contributed by atoms with Crippen LogP contribution in [0.25, 0.3) is 0 Å². The maximum absolute atomic E-state index is 12.4. The number of piperidine rings is 1. The molecule has 1 unspecified atom stereocenters. The van der Waals surface area contributed by atoms with Gasteiger partial charge in [-0.25, -0.2) is 4.79 Å². The van der Waals surface area contributed by atoms with Crippen molar-refractivity contribution in [1.82, 2.24) is 4.90 Å². The minimum atomic E-state index is -1.23. The number of nitrogens with two attached hydrogens (primary N) is 1. The number of nitrogens with one attached hydrogen (secondary N) is 1. The van der Waals surface area contributed by atoms with Crippen molar-refractivity contribution in [2.24, 2.45) is 11.7 Å². The highest BCUT2D eigenvalue weighted by Gasteiger charge is 2.26. The van der Waals surface area contributed by atoms with Crippen molar-refractivity contribution < 1.29 is 24.4 Å². The Kier molecular flexibility index (Phi) is 11.9. The van der Waals surface area contributed by atoms with Gasteiger partial charge >= 0.3 is 19.3 Å². The minimum Gasteiger partial charge on any atom is -0.427 e. The van der Waals surface area contributed by atoms with E-state index >= 15 is 0 Å². The predicted molar refractivity (Wildman–Crippen MR) is 112 cm³/mol. The summed E-state index contributed by atoms with van der Waals surface area (Å²) in [6, 6.07) is 4.95. The van der Waals surface area contributed by atoms with Gasteiger partial charge in [-0.2, -0.15) is 9.59 Å². The van der Waals surface area contributed by atoms with E-state index in [2.05, 4.69) is 5.32 Å². The minimum absolute atomic E-state index is 0.0890. The average molecular weight is 446 g/mol. The van der Waals surface area contributed by atoms with E-state index in [0.717, 1.165) is 32.1 Å². The fraction of sp³-hybridized carbons (Fsp3) is 0.556. The number of unbranched alkanes of at least 4 members (excludes halogenated alkanes) is 1. The second kappa shape index (κ2) is 13.6. The molecule has 1 aromatic rings. The largest absolute Gasteiger partial charge is 0.451 e. The van der Waals surface area contributed by atoms with Crippen molar-refractivity contribution >= 4 is 48.2 Å². The molecule has 1 aliphatic heterocycles. The molecule has 1 fully saturated rings. The van der Waals surface area contributed by atoms with E-state index in [1.807, 2.05) is 0 Å². The number of urea groups is 1. The first-order valence-electron chi connectivity index (χ1n) is 9.40. The second-order valence-electron chi connectivity index (χ2n) is 6.90. The lowest BCUT2D eigenvalue weighted by Gasteiger charge is -2.34. The van der Waals surface area contributed by atoms with Gasteiger partial charge in [0.05, 0.1) is 10.0 Å². The SMILES string of the molecule is NC(CCCCB(O)O)C1CCN(C(=O)Nc2ccc(Cl)c(Cl)c2)CC1.O=C=O. The highest BCUT2D eigenvalue weighted by atomic mass is 35.5. The number of likely N-dealkylation sites (tertiary alicyclic amines) is 1. The topological polar surface area (TPSA) is 133 Å². The molecule has 0 spiro atoms. The molecule has 0 aliphatic carbocycles. The molecular weight excluding hydrogens is 420 g/mol. The maximum atomic E-state index is 12.4. The molecule has 11 heteroatoms. The van der Waals surface area contributed by atoms with Crippen molar-refractivity contribution in [1.29, 1.82) is 0 Å². The molecule has 1 heterocycles. The summed E-state index contributed by atoms with van der Waals surface area (Å²) in [5, 5.41) is 21.4. The lowest BCUT2D eigenvalue weighted by Crippen LogP contribution is -2.45. The lowest BCUT2D eigenvalue weighted by molar-refractivity contribution is -0.191. The van der Waals surface area contributed by atoms with Crippen molar-refractivity contribution in [3.63, 3.8) is 0 Å². The number of amides is 2. The third-order valence-electron chi connectivity index (χ3n) is 4.85. The Hall–Kier alpha value is -1.61. The summed E-state index contributed by atoms with van der Waals surface area (Å²) in [6.07, 6.45) is 4.90. The van der Waals surface area contributed by atoms with Crippen molar-refractivity contribution in [2.75, 3.05) is 18.4 Å². The molecular formula is C18H26BCl2N3O5. The first-order valence-corrected chi connectivity index (χ1v) is 10.2. The Balaban J connectivity index is 0.00000132. The number of carbonyl (C=O) groups excluding carboxylic acids is 3. The van der Waals surface area contributed by atoms with Gasteiger partial charge in [-0.05, 0) is 49.7 Å². The Bertz CT molecular complexity index is 681. The molecule has 1 aliphatic rings. The van der Waals surface area contributed by atoms with E-state index in [1.54, 1.807) is 23.1 Å². The van der Waals surface area contributed by atoms with Crippen LogP contribution in [0.15, 0.2) is 18.2 Å². The summed E-state index contributed by atoms with van der Waals surface area (Å²) in [6.45, 7) is 1.34. The zero-order chi connectivity index (χ0) is 21.8. The zero-order valence-electron chi connectivity index (χ0n) is 16.0. The van der Waals surface area contributed by atoms with Gasteiger partial charge in [0.2, 0.25) is 0 Å². The van der Waals surface area contributed by atoms with E-state index in [9.17, 15) is 4.79 Å². The molecule has 0 saturated carbocycles. The first kappa shape index (κ1) is 25.4.